The topological polar surface area (TPSA) is 29.9 Å². The monoisotopic (exact) mass is 203 g/mol. The number of alkyl halides is 2. The van der Waals surface area contributed by atoms with Gasteiger partial charge >= 0.3 is 0 Å². The van der Waals surface area contributed by atoms with Gasteiger partial charge in [0.15, 0.2) is 0 Å². The Morgan fingerprint density at radius 2 is 2.29 bits per heavy atom. The van der Waals surface area contributed by atoms with Crippen molar-refractivity contribution in [2.45, 2.75) is 39.3 Å². The Bertz CT molecular complexity index is 273. The minimum atomic E-state index is -2.36. The van der Waals surface area contributed by atoms with Gasteiger partial charge in [-0.3, -0.25) is 4.68 Å². The highest BCUT2D eigenvalue weighted by Gasteiger charge is 2.06. The molecule has 0 spiro atoms. The second-order valence-electron chi connectivity index (χ2n) is 3.27. The number of hydrogen-bond acceptors (Lipinski definition) is 2. The minimum absolute atomic E-state index is 0.310. The van der Waals surface area contributed by atoms with E-state index in [1.807, 2.05) is 13.8 Å². The van der Waals surface area contributed by atoms with Gasteiger partial charge in [0.1, 0.15) is 12.4 Å². The highest BCUT2D eigenvalue weighted by Crippen LogP contribution is 2.07. The first kappa shape index (κ1) is 10.9. The standard InChI is InChI=1S/C9H15F2N3/c1-3-7(2)12-9-4-5-14(13-9)6-8(10)11/h4-5,7-8H,3,6H2,1-2H3,(H,12,13). The van der Waals surface area contributed by atoms with Crippen LogP contribution in [-0.2, 0) is 6.54 Å². The third-order valence-corrected chi connectivity index (χ3v) is 1.97. The van der Waals surface area contributed by atoms with Crippen molar-refractivity contribution in [3.8, 4) is 0 Å². The van der Waals surface area contributed by atoms with E-state index in [-0.39, 0.29) is 6.54 Å². The van der Waals surface area contributed by atoms with E-state index < -0.39 is 6.43 Å². The van der Waals surface area contributed by atoms with Gasteiger partial charge in [0.25, 0.3) is 6.43 Å². The molecule has 1 N–H and O–H groups in total. The molecule has 1 rings (SSSR count). The molecule has 1 unspecified atom stereocenters. The van der Waals surface area contributed by atoms with Crippen molar-refractivity contribution in [1.82, 2.24) is 9.78 Å². The molecular formula is C9H15F2N3. The smallest absolute Gasteiger partial charge is 0.257 e. The molecule has 0 aliphatic carbocycles. The summed E-state index contributed by atoms with van der Waals surface area (Å²) in [5.74, 6) is 0.653. The summed E-state index contributed by atoms with van der Waals surface area (Å²) in [4.78, 5) is 0. The number of nitrogens with zero attached hydrogens (tertiary/aromatic N) is 2. The van der Waals surface area contributed by atoms with E-state index in [0.29, 0.717) is 11.9 Å². The van der Waals surface area contributed by atoms with Gasteiger partial charge in [0, 0.05) is 18.3 Å². The first-order valence-electron chi connectivity index (χ1n) is 4.70. The number of hydrogen-bond donors (Lipinski definition) is 1. The maximum absolute atomic E-state index is 12.0. The molecule has 80 valence electrons. The lowest BCUT2D eigenvalue weighted by Gasteiger charge is -2.09. The lowest BCUT2D eigenvalue weighted by Crippen LogP contribution is -2.14. The zero-order valence-corrected chi connectivity index (χ0v) is 8.37. The van der Waals surface area contributed by atoms with Crippen LogP contribution in [0, 0.1) is 0 Å². The molecule has 3 nitrogen and oxygen atoms in total. The molecule has 0 bridgehead atoms. The van der Waals surface area contributed by atoms with E-state index in [1.165, 1.54) is 4.68 Å². The van der Waals surface area contributed by atoms with Gasteiger partial charge in [-0.25, -0.2) is 8.78 Å². The summed E-state index contributed by atoms with van der Waals surface area (Å²) in [6.07, 6.45) is 0.171. The Morgan fingerprint density at radius 3 is 2.86 bits per heavy atom. The zero-order valence-electron chi connectivity index (χ0n) is 8.37. The first-order valence-corrected chi connectivity index (χ1v) is 4.70. The molecule has 5 heteroatoms. The molecule has 0 fully saturated rings. The van der Waals surface area contributed by atoms with Crippen LogP contribution in [0.1, 0.15) is 20.3 Å². The van der Waals surface area contributed by atoms with E-state index in [0.717, 1.165) is 6.42 Å². The predicted octanol–water partition coefficient (Wildman–Crippen LogP) is 2.36. The Kier molecular flexibility index (Phi) is 3.85. The van der Waals surface area contributed by atoms with E-state index in [4.69, 9.17) is 0 Å². The highest BCUT2D eigenvalue weighted by molar-refractivity contribution is 5.33. The van der Waals surface area contributed by atoms with Crippen molar-refractivity contribution in [3.63, 3.8) is 0 Å². The van der Waals surface area contributed by atoms with E-state index in [2.05, 4.69) is 10.4 Å². The molecule has 0 aliphatic heterocycles. The minimum Gasteiger partial charge on any atom is -0.366 e. The third-order valence-electron chi connectivity index (χ3n) is 1.97. The molecule has 1 heterocycles. The first-order chi connectivity index (χ1) is 6.61. The Hall–Kier alpha value is -1.13. The van der Waals surface area contributed by atoms with Crippen LogP contribution < -0.4 is 5.32 Å². The lowest BCUT2D eigenvalue weighted by molar-refractivity contribution is 0.122. The number of anilines is 1. The molecule has 0 aliphatic rings. The van der Waals surface area contributed by atoms with Crippen LogP contribution in [0.5, 0.6) is 0 Å². The van der Waals surface area contributed by atoms with Gasteiger partial charge in [-0.15, -0.1) is 0 Å². The van der Waals surface area contributed by atoms with Gasteiger partial charge in [-0.1, -0.05) is 6.92 Å². The number of rotatable bonds is 5. The summed E-state index contributed by atoms with van der Waals surface area (Å²) in [5.41, 5.74) is 0. The highest BCUT2D eigenvalue weighted by atomic mass is 19.3. The van der Waals surface area contributed by atoms with Crippen molar-refractivity contribution in [3.05, 3.63) is 12.3 Å². The van der Waals surface area contributed by atoms with E-state index in [1.54, 1.807) is 12.3 Å². The molecule has 14 heavy (non-hydrogen) atoms. The summed E-state index contributed by atoms with van der Waals surface area (Å²) in [6.45, 7) is 3.72. The molecule has 0 aromatic carbocycles. The summed E-state index contributed by atoms with van der Waals surface area (Å²) in [5, 5.41) is 7.07. The van der Waals surface area contributed by atoms with Crippen molar-refractivity contribution >= 4 is 5.82 Å². The molecule has 0 saturated carbocycles. The molecule has 0 radical (unpaired) electrons. The molecule has 1 atom stereocenters. The van der Waals surface area contributed by atoms with Crippen LogP contribution in [0.15, 0.2) is 12.3 Å². The van der Waals surface area contributed by atoms with Crippen molar-refractivity contribution < 1.29 is 8.78 Å². The van der Waals surface area contributed by atoms with Gasteiger partial charge in [-0.2, -0.15) is 5.10 Å². The maximum Gasteiger partial charge on any atom is 0.257 e. The maximum atomic E-state index is 12.0. The molecule has 1 aromatic heterocycles. The van der Waals surface area contributed by atoms with E-state index in [9.17, 15) is 8.78 Å². The van der Waals surface area contributed by atoms with Crippen LogP contribution in [0.3, 0.4) is 0 Å². The Balaban J connectivity index is 2.50. The van der Waals surface area contributed by atoms with Crippen LogP contribution >= 0.6 is 0 Å². The van der Waals surface area contributed by atoms with Gasteiger partial charge in [-0.05, 0) is 13.3 Å². The van der Waals surface area contributed by atoms with Crippen molar-refractivity contribution in [2.75, 3.05) is 5.32 Å². The molecule has 1 aromatic rings. The van der Waals surface area contributed by atoms with Crippen LogP contribution in [0.2, 0.25) is 0 Å². The number of nitrogens with one attached hydrogen (secondary N) is 1. The fourth-order valence-corrected chi connectivity index (χ4v) is 1.04. The summed E-state index contributed by atoms with van der Waals surface area (Å²) in [7, 11) is 0. The molecule has 0 saturated heterocycles. The largest absolute Gasteiger partial charge is 0.366 e. The molecular weight excluding hydrogens is 188 g/mol. The average Bonchev–Trinajstić information content (AvgIpc) is 2.51. The summed E-state index contributed by atoms with van der Waals surface area (Å²) < 4.78 is 25.2. The van der Waals surface area contributed by atoms with Crippen molar-refractivity contribution in [2.24, 2.45) is 0 Å². The summed E-state index contributed by atoms with van der Waals surface area (Å²) in [6, 6.07) is 2.01. The predicted molar refractivity (Wildman–Crippen MR) is 51.6 cm³/mol. The van der Waals surface area contributed by atoms with Crippen LogP contribution in [0.25, 0.3) is 0 Å². The Labute approximate surface area is 82.1 Å². The Morgan fingerprint density at radius 1 is 1.57 bits per heavy atom. The van der Waals surface area contributed by atoms with Gasteiger partial charge in [0.2, 0.25) is 0 Å². The van der Waals surface area contributed by atoms with Gasteiger partial charge in [0.05, 0.1) is 0 Å². The quantitative estimate of drug-likeness (QED) is 0.796. The second-order valence-corrected chi connectivity index (χ2v) is 3.27. The van der Waals surface area contributed by atoms with Crippen LogP contribution in [0.4, 0.5) is 14.6 Å². The number of halogens is 2. The summed E-state index contributed by atoms with van der Waals surface area (Å²) >= 11 is 0. The second kappa shape index (κ2) is 4.93. The van der Waals surface area contributed by atoms with Crippen LogP contribution in [-0.4, -0.2) is 22.2 Å². The van der Waals surface area contributed by atoms with Crippen molar-refractivity contribution in [1.29, 1.82) is 0 Å². The normalized spacial score (nSPS) is 13.2. The zero-order chi connectivity index (χ0) is 10.6. The van der Waals surface area contributed by atoms with Gasteiger partial charge < -0.3 is 5.32 Å². The fourth-order valence-electron chi connectivity index (χ4n) is 1.04. The number of aromatic nitrogens is 2. The third kappa shape index (κ3) is 3.32. The van der Waals surface area contributed by atoms with E-state index >= 15 is 0 Å². The average molecular weight is 203 g/mol. The SMILES string of the molecule is CCC(C)Nc1ccn(CC(F)F)n1. The molecule has 0 amide bonds. The lowest BCUT2D eigenvalue weighted by atomic mass is 10.3. The fraction of sp³-hybridized carbons (Fsp3) is 0.667.